The molecule has 0 fully saturated rings. The smallest absolute Gasteiger partial charge is 0.223 e. The summed E-state index contributed by atoms with van der Waals surface area (Å²) in [6.07, 6.45) is 8.33. The van der Waals surface area contributed by atoms with Crippen LogP contribution in [0.4, 0.5) is 0 Å². The average Bonchev–Trinajstić information content (AvgIpc) is 2.98. The first-order chi connectivity index (χ1) is 12.2. The number of carbonyl (C=O) groups excluding carboxylic acids is 1. The van der Waals surface area contributed by atoms with Crippen molar-refractivity contribution in [1.82, 2.24) is 19.5 Å². The van der Waals surface area contributed by atoms with Crippen LogP contribution in [0.3, 0.4) is 0 Å². The van der Waals surface area contributed by atoms with Crippen molar-refractivity contribution in [2.24, 2.45) is 5.41 Å². The van der Waals surface area contributed by atoms with Crippen molar-refractivity contribution >= 4 is 17.1 Å². The summed E-state index contributed by atoms with van der Waals surface area (Å²) in [5.74, 6) is 0.260. The van der Waals surface area contributed by atoms with Gasteiger partial charge in [0.2, 0.25) is 5.91 Å². The molecule has 0 aliphatic carbocycles. The molecule has 1 aliphatic heterocycles. The van der Waals surface area contributed by atoms with Crippen molar-refractivity contribution in [3.8, 4) is 0 Å². The summed E-state index contributed by atoms with van der Waals surface area (Å²) in [6, 6.07) is 2.42. The zero-order valence-electron chi connectivity index (χ0n) is 16.8. The van der Waals surface area contributed by atoms with E-state index >= 15 is 0 Å². The number of rotatable bonds is 3. The fraction of sp³-hybridized carbons (Fsp3) is 0.571. The van der Waals surface area contributed by atoms with Gasteiger partial charge < -0.3 is 4.90 Å². The summed E-state index contributed by atoms with van der Waals surface area (Å²) in [7, 11) is 0. The van der Waals surface area contributed by atoms with Crippen molar-refractivity contribution in [3.05, 3.63) is 35.8 Å². The van der Waals surface area contributed by atoms with E-state index in [9.17, 15) is 4.79 Å². The molecule has 0 bridgehead atoms. The molecule has 0 spiro atoms. The summed E-state index contributed by atoms with van der Waals surface area (Å²) in [6.45, 7) is 12.8. The van der Waals surface area contributed by atoms with Gasteiger partial charge >= 0.3 is 0 Å². The first-order valence-corrected chi connectivity index (χ1v) is 9.52. The largest absolute Gasteiger partial charge is 0.333 e. The Morgan fingerprint density at radius 1 is 1.35 bits per heavy atom. The predicted octanol–water partition coefficient (Wildman–Crippen LogP) is 4.26. The highest BCUT2D eigenvalue weighted by Crippen LogP contribution is 2.34. The van der Waals surface area contributed by atoms with E-state index in [4.69, 9.17) is 0 Å². The molecule has 0 radical (unpaired) electrons. The molecule has 2 aromatic rings. The molecule has 5 nitrogen and oxygen atoms in total. The second-order valence-corrected chi connectivity index (χ2v) is 8.67. The van der Waals surface area contributed by atoms with E-state index in [-0.39, 0.29) is 23.4 Å². The van der Waals surface area contributed by atoms with Crippen LogP contribution in [-0.2, 0) is 4.79 Å². The molecular formula is C21H30N4O. The molecule has 0 aromatic carbocycles. The quantitative estimate of drug-likeness (QED) is 0.827. The Morgan fingerprint density at radius 2 is 2.08 bits per heavy atom. The number of amides is 1. The molecule has 0 N–H and O–H groups in total. The van der Waals surface area contributed by atoms with Gasteiger partial charge in [-0.2, -0.15) is 5.10 Å². The third-order valence-corrected chi connectivity index (χ3v) is 5.14. The van der Waals surface area contributed by atoms with E-state index in [0.29, 0.717) is 6.42 Å². The van der Waals surface area contributed by atoms with E-state index in [2.05, 4.69) is 74.9 Å². The van der Waals surface area contributed by atoms with Gasteiger partial charge in [-0.05, 0) is 54.9 Å². The fourth-order valence-corrected chi connectivity index (χ4v) is 3.93. The second kappa shape index (κ2) is 6.86. The van der Waals surface area contributed by atoms with Crippen LogP contribution in [0.2, 0.25) is 0 Å². The van der Waals surface area contributed by atoms with E-state index in [0.717, 1.165) is 18.5 Å². The Hall–Kier alpha value is -2.17. The Labute approximate surface area is 156 Å². The molecule has 2 unspecified atom stereocenters. The van der Waals surface area contributed by atoms with E-state index < -0.39 is 0 Å². The second-order valence-electron chi connectivity index (χ2n) is 8.67. The van der Waals surface area contributed by atoms with Crippen LogP contribution in [0.15, 0.2) is 24.7 Å². The minimum absolute atomic E-state index is 0.00774. The van der Waals surface area contributed by atoms with Crippen molar-refractivity contribution in [1.29, 1.82) is 0 Å². The third-order valence-electron chi connectivity index (χ3n) is 5.14. The van der Waals surface area contributed by atoms with Crippen LogP contribution >= 0.6 is 0 Å². The van der Waals surface area contributed by atoms with Crippen molar-refractivity contribution in [2.75, 3.05) is 0 Å². The van der Waals surface area contributed by atoms with Crippen molar-refractivity contribution in [3.63, 3.8) is 0 Å². The van der Waals surface area contributed by atoms with E-state index in [1.165, 1.54) is 16.7 Å². The van der Waals surface area contributed by atoms with Gasteiger partial charge in [0.15, 0.2) is 5.65 Å². The van der Waals surface area contributed by atoms with Gasteiger partial charge in [0.1, 0.15) is 6.33 Å². The average molecular weight is 354 g/mol. The highest BCUT2D eigenvalue weighted by atomic mass is 16.2. The molecule has 3 heterocycles. The van der Waals surface area contributed by atoms with Gasteiger partial charge in [0.25, 0.3) is 0 Å². The van der Waals surface area contributed by atoms with Gasteiger partial charge in [-0.1, -0.05) is 33.8 Å². The molecule has 140 valence electrons. The standard InChI is InChI=1S/C21H30N4O/c1-7-17-10-16(9-15(3)25(17)20(26)11-21(4,5)6)18-12-24-19(8-14(18)2)22-13-23-24/h8-9,12-13,15,17H,7,10-11H2,1-6H3. The van der Waals surface area contributed by atoms with Crippen LogP contribution in [0.5, 0.6) is 0 Å². The third kappa shape index (κ3) is 3.67. The maximum atomic E-state index is 12.9. The van der Waals surface area contributed by atoms with Crippen molar-refractivity contribution in [2.45, 2.75) is 72.9 Å². The van der Waals surface area contributed by atoms with Crippen LogP contribution in [-0.4, -0.2) is 37.5 Å². The number of pyridine rings is 1. The fourth-order valence-electron chi connectivity index (χ4n) is 3.93. The molecule has 0 saturated heterocycles. The minimum atomic E-state index is 0.00774. The van der Waals surface area contributed by atoms with Crippen molar-refractivity contribution < 1.29 is 4.79 Å². The maximum Gasteiger partial charge on any atom is 0.223 e. The molecule has 3 rings (SSSR count). The highest BCUT2D eigenvalue weighted by Gasteiger charge is 2.33. The lowest BCUT2D eigenvalue weighted by molar-refractivity contribution is -0.137. The molecular weight excluding hydrogens is 324 g/mol. The number of fused-ring (bicyclic) bond motifs is 1. The molecule has 26 heavy (non-hydrogen) atoms. The summed E-state index contributed by atoms with van der Waals surface area (Å²) in [4.78, 5) is 19.3. The minimum Gasteiger partial charge on any atom is -0.333 e. The zero-order chi connectivity index (χ0) is 19.1. The number of hydrogen-bond donors (Lipinski definition) is 0. The van der Waals surface area contributed by atoms with Crippen LogP contribution in [0.25, 0.3) is 11.2 Å². The summed E-state index contributed by atoms with van der Waals surface area (Å²) >= 11 is 0. The Balaban J connectivity index is 1.94. The SMILES string of the molecule is CCC1CC(c2cn3ncnc3cc2C)=CC(C)N1C(=O)CC(C)(C)C. The number of nitrogens with zero attached hydrogens (tertiary/aromatic N) is 4. The van der Waals surface area contributed by atoms with Crippen LogP contribution < -0.4 is 0 Å². The molecule has 2 atom stereocenters. The molecule has 1 amide bonds. The number of hydrogen-bond acceptors (Lipinski definition) is 3. The van der Waals surface area contributed by atoms with Gasteiger partial charge in [-0.25, -0.2) is 9.50 Å². The summed E-state index contributed by atoms with van der Waals surface area (Å²) in [5, 5.41) is 4.27. The van der Waals surface area contributed by atoms with Gasteiger partial charge in [0, 0.05) is 24.7 Å². The normalized spacial score (nSPS) is 21.2. The first-order valence-electron chi connectivity index (χ1n) is 9.52. The Morgan fingerprint density at radius 3 is 2.73 bits per heavy atom. The number of aromatic nitrogens is 3. The monoisotopic (exact) mass is 354 g/mol. The highest BCUT2D eigenvalue weighted by molar-refractivity contribution is 5.80. The molecule has 2 aromatic heterocycles. The molecule has 1 aliphatic rings. The number of aryl methyl sites for hydroxylation is 1. The van der Waals surface area contributed by atoms with E-state index in [1.54, 1.807) is 6.33 Å². The maximum absolute atomic E-state index is 12.9. The lowest BCUT2D eigenvalue weighted by Gasteiger charge is -2.41. The molecule has 0 saturated carbocycles. The van der Waals surface area contributed by atoms with E-state index in [1.807, 2.05) is 4.52 Å². The predicted molar refractivity (Wildman–Crippen MR) is 105 cm³/mol. The lowest BCUT2D eigenvalue weighted by Crippen LogP contribution is -2.48. The lowest BCUT2D eigenvalue weighted by atomic mass is 9.86. The first kappa shape index (κ1) is 18.6. The van der Waals surface area contributed by atoms with Crippen LogP contribution in [0.1, 0.15) is 65.0 Å². The zero-order valence-corrected chi connectivity index (χ0v) is 16.8. The topological polar surface area (TPSA) is 50.5 Å². The summed E-state index contributed by atoms with van der Waals surface area (Å²) in [5.41, 5.74) is 4.58. The number of carbonyl (C=O) groups is 1. The molecule has 5 heteroatoms. The van der Waals surface area contributed by atoms with Gasteiger partial charge in [-0.3, -0.25) is 4.79 Å². The van der Waals surface area contributed by atoms with Gasteiger partial charge in [0.05, 0.1) is 0 Å². The van der Waals surface area contributed by atoms with Crippen LogP contribution in [0, 0.1) is 12.3 Å². The van der Waals surface area contributed by atoms with Gasteiger partial charge in [-0.15, -0.1) is 0 Å². The Kier molecular flexibility index (Phi) is 4.91. The summed E-state index contributed by atoms with van der Waals surface area (Å²) < 4.78 is 1.83. The Bertz CT molecular complexity index is 843.